The summed E-state index contributed by atoms with van der Waals surface area (Å²) in [6, 6.07) is 10.7. The van der Waals surface area contributed by atoms with Crippen LogP contribution in [0.1, 0.15) is 18.9 Å². The van der Waals surface area contributed by atoms with Crippen molar-refractivity contribution < 1.29 is 9.53 Å². The molecular formula is C21H33N5O2. The van der Waals surface area contributed by atoms with Gasteiger partial charge in [-0.2, -0.15) is 0 Å². The highest BCUT2D eigenvalue weighted by Crippen LogP contribution is 2.17. The molecule has 0 aromatic heterocycles. The van der Waals surface area contributed by atoms with Crippen LogP contribution in [-0.2, 0) is 16.1 Å². The molecule has 3 rings (SSSR count). The summed E-state index contributed by atoms with van der Waals surface area (Å²) in [5.41, 5.74) is 1.15. The number of rotatable bonds is 6. The minimum absolute atomic E-state index is 0.0939. The van der Waals surface area contributed by atoms with Crippen molar-refractivity contribution in [1.29, 1.82) is 0 Å². The van der Waals surface area contributed by atoms with Crippen LogP contribution in [0.2, 0.25) is 0 Å². The number of nitrogens with one attached hydrogen (secondary N) is 1. The predicted molar refractivity (Wildman–Crippen MR) is 111 cm³/mol. The highest BCUT2D eigenvalue weighted by molar-refractivity contribution is 5.86. The van der Waals surface area contributed by atoms with Gasteiger partial charge >= 0.3 is 0 Å². The van der Waals surface area contributed by atoms with Gasteiger partial charge in [-0.1, -0.05) is 30.3 Å². The molecule has 0 radical (unpaired) electrons. The summed E-state index contributed by atoms with van der Waals surface area (Å²) in [4.78, 5) is 23.8. The molecule has 2 aliphatic heterocycles. The molecule has 2 heterocycles. The first-order chi connectivity index (χ1) is 13.7. The molecule has 2 fully saturated rings. The van der Waals surface area contributed by atoms with Crippen molar-refractivity contribution in [2.75, 3.05) is 59.5 Å². The maximum Gasteiger partial charge on any atom is 0.242 e. The van der Waals surface area contributed by atoms with E-state index in [2.05, 4.69) is 32.2 Å². The van der Waals surface area contributed by atoms with E-state index in [0.717, 1.165) is 57.3 Å². The van der Waals surface area contributed by atoms with Crippen LogP contribution in [0, 0.1) is 0 Å². The molecule has 2 aliphatic rings. The SMILES string of the molecule is CCN(Cc1ccccc1)C(=O)CNC(=NC)N1CCC(N2CCOCC2)C1. The van der Waals surface area contributed by atoms with Gasteiger partial charge in [0.1, 0.15) is 0 Å². The number of ether oxygens (including phenoxy) is 1. The van der Waals surface area contributed by atoms with E-state index in [4.69, 9.17) is 4.74 Å². The third kappa shape index (κ3) is 5.45. The molecule has 0 bridgehead atoms. The fourth-order valence-corrected chi connectivity index (χ4v) is 3.95. The van der Waals surface area contributed by atoms with Crippen molar-refractivity contribution in [3.63, 3.8) is 0 Å². The number of morpholine rings is 1. The van der Waals surface area contributed by atoms with Crippen molar-refractivity contribution in [2.45, 2.75) is 25.9 Å². The van der Waals surface area contributed by atoms with Crippen LogP contribution in [0.3, 0.4) is 0 Å². The number of carbonyl (C=O) groups excluding carboxylic acids is 1. The van der Waals surface area contributed by atoms with Crippen molar-refractivity contribution in [1.82, 2.24) is 20.0 Å². The Kier molecular flexibility index (Phi) is 7.68. The van der Waals surface area contributed by atoms with E-state index in [9.17, 15) is 4.79 Å². The molecule has 28 heavy (non-hydrogen) atoms. The van der Waals surface area contributed by atoms with Gasteiger partial charge < -0.3 is 19.9 Å². The summed E-state index contributed by atoms with van der Waals surface area (Å²) >= 11 is 0. The summed E-state index contributed by atoms with van der Waals surface area (Å²) < 4.78 is 5.46. The second-order valence-corrected chi connectivity index (χ2v) is 7.33. The monoisotopic (exact) mass is 387 g/mol. The van der Waals surface area contributed by atoms with Crippen molar-refractivity contribution in [3.05, 3.63) is 35.9 Å². The van der Waals surface area contributed by atoms with Gasteiger partial charge in [0.2, 0.25) is 5.91 Å². The molecule has 1 amide bonds. The van der Waals surface area contributed by atoms with E-state index in [0.29, 0.717) is 19.1 Å². The van der Waals surface area contributed by atoms with Gasteiger partial charge in [-0.15, -0.1) is 0 Å². The lowest BCUT2D eigenvalue weighted by Crippen LogP contribution is -2.48. The van der Waals surface area contributed by atoms with Crippen LogP contribution >= 0.6 is 0 Å². The van der Waals surface area contributed by atoms with Crippen molar-refractivity contribution in [3.8, 4) is 0 Å². The van der Waals surface area contributed by atoms with Crippen LogP contribution < -0.4 is 5.32 Å². The van der Waals surface area contributed by atoms with Gasteiger partial charge in [0.15, 0.2) is 5.96 Å². The molecule has 1 aromatic rings. The molecule has 0 saturated carbocycles. The minimum atomic E-state index is 0.0939. The summed E-state index contributed by atoms with van der Waals surface area (Å²) in [6.07, 6.45) is 1.13. The molecule has 7 heteroatoms. The zero-order valence-electron chi connectivity index (χ0n) is 17.1. The first-order valence-corrected chi connectivity index (χ1v) is 10.3. The minimum Gasteiger partial charge on any atom is -0.379 e. The van der Waals surface area contributed by atoms with Gasteiger partial charge in [0, 0.05) is 52.4 Å². The van der Waals surface area contributed by atoms with Crippen molar-refractivity contribution >= 4 is 11.9 Å². The number of nitrogens with zero attached hydrogens (tertiary/aromatic N) is 4. The fourth-order valence-electron chi connectivity index (χ4n) is 3.95. The summed E-state index contributed by atoms with van der Waals surface area (Å²) in [7, 11) is 1.79. The maximum absolute atomic E-state index is 12.7. The maximum atomic E-state index is 12.7. The number of amides is 1. The number of carbonyl (C=O) groups is 1. The quantitative estimate of drug-likeness (QED) is 0.583. The Morgan fingerprint density at radius 2 is 2.00 bits per heavy atom. The summed E-state index contributed by atoms with van der Waals surface area (Å²) in [6.45, 7) is 9.21. The fraction of sp³-hybridized carbons (Fsp3) is 0.619. The van der Waals surface area contributed by atoms with E-state index in [-0.39, 0.29) is 12.5 Å². The lowest BCUT2D eigenvalue weighted by molar-refractivity contribution is -0.130. The van der Waals surface area contributed by atoms with E-state index in [1.165, 1.54) is 0 Å². The molecule has 0 spiro atoms. The number of hydrogen-bond donors (Lipinski definition) is 1. The zero-order valence-corrected chi connectivity index (χ0v) is 17.1. The van der Waals surface area contributed by atoms with Crippen LogP contribution in [0.15, 0.2) is 35.3 Å². The third-order valence-corrected chi connectivity index (χ3v) is 5.59. The van der Waals surface area contributed by atoms with Gasteiger partial charge in [0.25, 0.3) is 0 Å². The number of aliphatic imine (C=N–C) groups is 1. The van der Waals surface area contributed by atoms with E-state index in [1.807, 2.05) is 30.0 Å². The zero-order chi connectivity index (χ0) is 19.8. The molecule has 1 N–H and O–H groups in total. The highest BCUT2D eigenvalue weighted by Gasteiger charge is 2.30. The lowest BCUT2D eigenvalue weighted by Gasteiger charge is -2.32. The molecule has 1 unspecified atom stereocenters. The topological polar surface area (TPSA) is 60.4 Å². The van der Waals surface area contributed by atoms with Gasteiger partial charge in [0.05, 0.1) is 19.8 Å². The first-order valence-electron chi connectivity index (χ1n) is 10.3. The Bertz CT molecular complexity index is 645. The van der Waals surface area contributed by atoms with Crippen molar-refractivity contribution in [2.24, 2.45) is 4.99 Å². The van der Waals surface area contributed by atoms with Crippen LogP contribution in [0.25, 0.3) is 0 Å². The Balaban J connectivity index is 1.48. The number of guanidine groups is 1. The largest absolute Gasteiger partial charge is 0.379 e. The molecule has 0 aliphatic carbocycles. The Morgan fingerprint density at radius 3 is 2.68 bits per heavy atom. The normalized spacial score (nSPS) is 21.0. The lowest BCUT2D eigenvalue weighted by atomic mass is 10.2. The van der Waals surface area contributed by atoms with Crippen LogP contribution in [0.4, 0.5) is 0 Å². The number of benzene rings is 1. The molecular weight excluding hydrogens is 354 g/mol. The van der Waals surface area contributed by atoms with E-state index < -0.39 is 0 Å². The Labute approximate surface area is 168 Å². The van der Waals surface area contributed by atoms with Gasteiger partial charge in [-0.05, 0) is 18.9 Å². The van der Waals surface area contributed by atoms with Gasteiger partial charge in [-0.3, -0.25) is 14.7 Å². The Morgan fingerprint density at radius 1 is 1.25 bits per heavy atom. The number of likely N-dealkylation sites (N-methyl/N-ethyl adjacent to an activating group) is 1. The smallest absolute Gasteiger partial charge is 0.242 e. The molecule has 2 saturated heterocycles. The van der Waals surface area contributed by atoms with Gasteiger partial charge in [-0.25, -0.2) is 0 Å². The Hall–Kier alpha value is -2.12. The highest BCUT2D eigenvalue weighted by atomic mass is 16.5. The van der Waals surface area contributed by atoms with E-state index in [1.54, 1.807) is 7.05 Å². The molecule has 7 nitrogen and oxygen atoms in total. The van der Waals surface area contributed by atoms with E-state index >= 15 is 0 Å². The molecule has 154 valence electrons. The van der Waals surface area contributed by atoms with Crippen LogP contribution in [-0.4, -0.2) is 92.1 Å². The van der Waals surface area contributed by atoms with Crippen LogP contribution in [0.5, 0.6) is 0 Å². The molecule has 1 atom stereocenters. The third-order valence-electron chi connectivity index (χ3n) is 5.59. The number of likely N-dealkylation sites (tertiary alicyclic amines) is 1. The summed E-state index contributed by atoms with van der Waals surface area (Å²) in [5, 5.41) is 3.28. The second-order valence-electron chi connectivity index (χ2n) is 7.33. The standard InChI is InChI=1S/C21H33N5O2/c1-3-24(16-18-7-5-4-6-8-18)20(27)15-23-21(22-2)26-10-9-19(17-26)25-11-13-28-14-12-25/h4-8,19H,3,9-17H2,1-2H3,(H,22,23). The number of hydrogen-bond acceptors (Lipinski definition) is 4. The molecule has 1 aromatic carbocycles. The second kappa shape index (κ2) is 10.4. The first kappa shape index (κ1) is 20.6. The predicted octanol–water partition coefficient (Wildman–Crippen LogP) is 1.02. The average molecular weight is 388 g/mol. The average Bonchev–Trinajstić information content (AvgIpc) is 3.24. The summed E-state index contributed by atoms with van der Waals surface area (Å²) in [5.74, 6) is 0.913.